The van der Waals surface area contributed by atoms with Crippen LogP contribution in [0.5, 0.6) is 0 Å². The van der Waals surface area contributed by atoms with E-state index in [1.165, 1.54) is 0 Å². The van der Waals surface area contributed by atoms with Crippen molar-refractivity contribution in [3.8, 4) is 0 Å². The van der Waals surface area contributed by atoms with E-state index in [1.54, 1.807) is 24.7 Å². The second-order valence-electron chi connectivity index (χ2n) is 7.39. The normalized spacial score (nSPS) is 18.2. The number of hydrogen-bond donors (Lipinski definition) is 1. The molecule has 3 heterocycles. The van der Waals surface area contributed by atoms with Crippen molar-refractivity contribution in [1.29, 1.82) is 0 Å². The summed E-state index contributed by atoms with van der Waals surface area (Å²) in [6, 6.07) is 15.5. The number of benzene rings is 2. The van der Waals surface area contributed by atoms with Crippen molar-refractivity contribution in [3.63, 3.8) is 0 Å². The summed E-state index contributed by atoms with van der Waals surface area (Å²) in [6.45, 7) is 2.64. The lowest BCUT2D eigenvalue weighted by molar-refractivity contribution is -0.130. The Balaban J connectivity index is 1.29. The molecular weight excluding hydrogens is 406 g/mol. The van der Waals surface area contributed by atoms with Gasteiger partial charge < -0.3 is 20.3 Å². The van der Waals surface area contributed by atoms with Gasteiger partial charge in [-0.1, -0.05) is 36.4 Å². The standard InChI is InChI=1S/C23H21N7O2/c24-22(28-23-25-9-4-10-26-23)30-13-11-29(12-14-30)15-19-21(31)32-20(27-19)18-8-3-6-16-5-1-2-7-17(16)18/h1-10,15H,11-14H2,(H2,24,25,26,28). The molecule has 0 spiro atoms. The molecule has 0 aliphatic carbocycles. The molecule has 160 valence electrons. The van der Waals surface area contributed by atoms with Gasteiger partial charge in [-0.15, -0.1) is 0 Å². The molecule has 0 saturated carbocycles. The minimum atomic E-state index is -0.447. The van der Waals surface area contributed by atoms with E-state index in [-0.39, 0.29) is 0 Å². The molecule has 0 radical (unpaired) electrons. The van der Waals surface area contributed by atoms with E-state index < -0.39 is 5.97 Å². The summed E-state index contributed by atoms with van der Waals surface area (Å²) in [7, 11) is 0. The number of hydrogen-bond acceptors (Lipinski definition) is 7. The minimum absolute atomic E-state index is 0.292. The molecule has 0 unspecified atom stereocenters. The Morgan fingerprint density at radius 2 is 1.75 bits per heavy atom. The molecule has 9 heteroatoms. The second kappa shape index (κ2) is 8.46. The van der Waals surface area contributed by atoms with Crippen molar-refractivity contribution in [2.45, 2.75) is 0 Å². The average molecular weight is 427 g/mol. The number of carbonyl (C=O) groups excluding carboxylic acids is 1. The fourth-order valence-corrected chi connectivity index (χ4v) is 3.70. The van der Waals surface area contributed by atoms with Crippen LogP contribution in [0.1, 0.15) is 5.56 Å². The van der Waals surface area contributed by atoms with Gasteiger partial charge in [0.05, 0.1) is 0 Å². The molecular formula is C23H21N7O2. The number of rotatable bonds is 3. The number of aliphatic imine (C=N–C) groups is 2. The van der Waals surface area contributed by atoms with Crippen molar-refractivity contribution < 1.29 is 9.53 Å². The van der Waals surface area contributed by atoms with E-state index >= 15 is 0 Å². The predicted octanol–water partition coefficient (Wildman–Crippen LogP) is 2.04. The number of esters is 1. The molecule has 1 saturated heterocycles. The Kier molecular flexibility index (Phi) is 5.20. The molecule has 1 aromatic heterocycles. The lowest BCUT2D eigenvalue weighted by Gasteiger charge is -2.34. The first-order valence-electron chi connectivity index (χ1n) is 10.3. The number of nitrogens with two attached hydrogens (primary N) is 1. The lowest BCUT2D eigenvalue weighted by atomic mass is 10.0. The maximum atomic E-state index is 12.4. The molecule has 0 amide bonds. The Morgan fingerprint density at radius 1 is 1.00 bits per heavy atom. The Labute approximate surface area is 184 Å². The number of aromatic nitrogens is 2. The summed E-state index contributed by atoms with van der Waals surface area (Å²) >= 11 is 0. The van der Waals surface area contributed by atoms with Crippen LogP contribution in [0, 0.1) is 0 Å². The first kappa shape index (κ1) is 19.7. The monoisotopic (exact) mass is 427 g/mol. The summed E-state index contributed by atoms with van der Waals surface area (Å²) in [6.07, 6.45) is 5.00. The van der Waals surface area contributed by atoms with Crippen molar-refractivity contribution in [1.82, 2.24) is 19.8 Å². The van der Waals surface area contributed by atoms with Gasteiger partial charge in [0.2, 0.25) is 5.90 Å². The van der Waals surface area contributed by atoms with Crippen LogP contribution in [0.25, 0.3) is 10.8 Å². The Hall–Kier alpha value is -4.27. The van der Waals surface area contributed by atoms with Crippen molar-refractivity contribution in [2.24, 2.45) is 15.7 Å². The SMILES string of the molecule is N/C(=N\c1ncccn1)N1CCN(C=C2N=C(c3cccc4ccccc34)OC2=O)CC1. The summed E-state index contributed by atoms with van der Waals surface area (Å²) in [5, 5.41) is 2.06. The highest BCUT2D eigenvalue weighted by molar-refractivity contribution is 6.16. The van der Waals surface area contributed by atoms with Gasteiger partial charge in [-0.2, -0.15) is 4.99 Å². The zero-order valence-electron chi connectivity index (χ0n) is 17.3. The molecule has 5 rings (SSSR count). The van der Waals surface area contributed by atoms with Gasteiger partial charge in [0.25, 0.3) is 5.95 Å². The van der Waals surface area contributed by atoms with Gasteiger partial charge in [-0.3, -0.25) is 0 Å². The van der Waals surface area contributed by atoms with E-state index in [0.29, 0.717) is 49.7 Å². The highest BCUT2D eigenvalue weighted by atomic mass is 16.6. The number of ether oxygens (including phenoxy) is 1. The molecule has 32 heavy (non-hydrogen) atoms. The lowest BCUT2D eigenvalue weighted by Crippen LogP contribution is -2.49. The van der Waals surface area contributed by atoms with E-state index in [4.69, 9.17) is 10.5 Å². The van der Waals surface area contributed by atoms with Crippen LogP contribution < -0.4 is 5.73 Å². The van der Waals surface area contributed by atoms with Gasteiger partial charge in [0.15, 0.2) is 11.7 Å². The molecule has 0 atom stereocenters. The molecule has 9 nitrogen and oxygen atoms in total. The average Bonchev–Trinajstić information content (AvgIpc) is 3.19. The van der Waals surface area contributed by atoms with Gasteiger partial charge in [-0.05, 0) is 22.9 Å². The van der Waals surface area contributed by atoms with Crippen molar-refractivity contribution >= 4 is 34.5 Å². The summed E-state index contributed by atoms with van der Waals surface area (Å²) in [4.78, 5) is 33.3. The van der Waals surface area contributed by atoms with Crippen LogP contribution in [-0.4, -0.2) is 63.8 Å². The van der Waals surface area contributed by atoms with E-state index in [9.17, 15) is 4.79 Å². The van der Waals surface area contributed by atoms with Gasteiger partial charge in [-0.25, -0.2) is 19.8 Å². The molecule has 3 aromatic rings. The summed E-state index contributed by atoms with van der Waals surface area (Å²) in [5.41, 5.74) is 7.20. The molecule has 1 fully saturated rings. The molecule has 0 bridgehead atoms. The first-order valence-corrected chi connectivity index (χ1v) is 10.3. The molecule has 2 aliphatic heterocycles. The van der Waals surface area contributed by atoms with Crippen LogP contribution in [0.4, 0.5) is 5.95 Å². The summed E-state index contributed by atoms with van der Waals surface area (Å²) in [5.74, 6) is 0.590. The molecule has 2 aromatic carbocycles. The largest absolute Gasteiger partial charge is 0.402 e. The fourth-order valence-electron chi connectivity index (χ4n) is 3.70. The second-order valence-corrected chi connectivity index (χ2v) is 7.39. The third kappa shape index (κ3) is 4.00. The van der Waals surface area contributed by atoms with E-state index in [0.717, 1.165) is 16.3 Å². The number of guanidine groups is 1. The highest BCUT2D eigenvalue weighted by Gasteiger charge is 2.27. The van der Waals surface area contributed by atoms with Crippen molar-refractivity contribution in [2.75, 3.05) is 26.2 Å². The van der Waals surface area contributed by atoms with E-state index in [1.807, 2.05) is 52.3 Å². The van der Waals surface area contributed by atoms with Gasteiger partial charge >= 0.3 is 5.97 Å². The van der Waals surface area contributed by atoms with Crippen LogP contribution in [0.2, 0.25) is 0 Å². The van der Waals surface area contributed by atoms with Crippen LogP contribution in [0.15, 0.2) is 82.8 Å². The number of piperazine rings is 1. The first-order chi connectivity index (χ1) is 15.7. The minimum Gasteiger partial charge on any atom is -0.402 e. The zero-order valence-corrected chi connectivity index (χ0v) is 17.3. The van der Waals surface area contributed by atoms with Gasteiger partial charge in [0, 0.05) is 50.3 Å². The predicted molar refractivity (Wildman–Crippen MR) is 121 cm³/mol. The highest BCUT2D eigenvalue weighted by Crippen LogP contribution is 2.24. The van der Waals surface area contributed by atoms with Crippen molar-refractivity contribution in [3.05, 3.63) is 78.4 Å². The number of carbonyl (C=O) groups is 1. The quantitative estimate of drug-likeness (QED) is 0.295. The number of cyclic esters (lactones) is 1. The zero-order chi connectivity index (χ0) is 21.9. The topological polar surface area (TPSA) is 109 Å². The van der Waals surface area contributed by atoms with E-state index in [2.05, 4.69) is 20.0 Å². The number of fused-ring (bicyclic) bond motifs is 1. The summed E-state index contributed by atoms with van der Waals surface area (Å²) < 4.78 is 5.49. The molecule has 2 N–H and O–H groups in total. The Bertz CT molecular complexity index is 1240. The third-order valence-electron chi connectivity index (χ3n) is 5.35. The van der Waals surface area contributed by atoms with Crippen LogP contribution in [0.3, 0.4) is 0 Å². The maximum absolute atomic E-state index is 12.4. The van der Waals surface area contributed by atoms with Gasteiger partial charge in [0.1, 0.15) is 0 Å². The Morgan fingerprint density at radius 3 is 2.56 bits per heavy atom. The number of nitrogens with zero attached hydrogens (tertiary/aromatic N) is 6. The molecule has 2 aliphatic rings. The maximum Gasteiger partial charge on any atom is 0.365 e. The third-order valence-corrected chi connectivity index (χ3v) is 5.35. The van der Waals surface area contributed by atoms with Crippen LogP contribution in [-0.2, 0) is 9.53 Å². The smallest absolute Gasteiger partial charge is 0.365 e. The van der Waals surface area contributed by atoms with Crippen LogP contribution >= 0.6 is 0 Å². The fraction of sp³-hybridized carbons (Fsp3) is 0.174.